The molecule has 0 fully saturated rings. The lowest BCUT2D eigenvalue weighted by Crippen LogP contribution is -2.32. The van der Waals surface area contributed by atoms with E-state index in [2.05, 4.69) is 5.32 Å². The van der Waals surface area contributed by atoms with Crippen LogP contribution < -0.4 is 10.1 Å². The summed E-state index contributed by atoms with van der Waals surface area (Å²) in [4.78, 5) is 12.4. The van der Waals surface area contributed by atoms with Gasteiger partial charge in [-0.3, -0.25) is 4.79 Å². The monoisotopic (exact) mass is 404 g/mol. The van der Waals surface area contributed by atoms with Crippen LogP contribution in [0.2, 0.25) is 0 Å². The highest BCUT2D eigenvalue weighted by Gasteiger charge is 2.23. The number of nitrogens with zero attached hydrogens (tertiary/aromatic N) is 1. The van der Waals surface area contributed by atoms with Crippen LogP contribution in [-0.2, 0) is 16.6 Å². The minimum absolute atomic E-state index is 0.109. The first-order valence-electron chi connectivity index (χ1n) is 9.35. The molecule has 0 aliphatic carbocycles. The molecule has 7 heteroatoms. The van der Waals surface area contributed by atoms with E-state index in [4.69, 9.17) is 4.74 Å². The van der Waals surface area contributed by atoms with E-state index in [0.717, 1.165) is 12.0 Å². The lowest BCUT2D eigenvalue weighted by Gasteiger charge is -2.21. The minimum atomic E-state index is -3.62. The van der Waals surface area contributed by atoms with E-state index in [-0.39, 0.29) is 23.4 Å². The Hall–Kier alpha value is -2.38. The Bertz CT molecular complexity index is 878. The molecule has 0 aliphatic heterocycles. The first kappa shape index (κ1) is 21.9. The van der Waals surface area contributed by atoms with Gasteiger partial charge < -0.3 is 10.1 Å². The molecule has 0 bridgehead atoms. The van der Waals surface area contributed by atoms with Gasteiger partial charge in [0, 0.05) is 24.7 Å². The van der Waals surface area contributed by atoms with Crippen molar-refractivity contribution in [3.63, 3.8) is 0 Å². The van der Waals surface area contributed by atoms with Gasteiger partial charge in [0.05, 0.1) is 12.0 Å². The fourth-order valence-corrected chi connectivity index (χ4v) is 4.07. The number of sulfonamides is 1. The zero-order chi connectivity index (χ0) is 20.7. The molecule has 0 saturated carbocycles. The number of carbonyl (C=O) groups excluding carboxylic acids is 1. The summed E-state index contributed by atoms with van der Waals surface area (Å²) in [6.07, 6.45) is 0.860. The molecular formula is C21H28N2O4S. The van der Waals surface area contributed by atoms with Crippen LogP contribution in [0.1, 0.15) is 43.1 Å². The van der Waals surface area contributed by atoms with Gasteiger partial charge in [0.2, 0.25) is 10.0 Å². The summed E-state index contributed by atoms with van der Waals surface area (Å²) in [5.41, 5.74) is 1.38. The Morgan fingerprint density at radius 2 is 1.68 bits per heavy atom. The van der Waals surface area contributed by atoms with Gasteiger partial charge in [-0.2, -0.15) is 4.31 Å². The van der Waals surface area contributed by atoms with Gasteiger partial charge >= 0.3 is 0 Å². The second-order valence-electron chi connectivity index (χ2n) is 6.59. The SMILES string of the molecule is CC[C@H](C)NC(=O)c1ccc(CN(CC)S(=O)(=O)c2ccc(OC)cc2)cc1. The highest BCUT2D eigenvalue weighted by molar-refractivity contribution is 7.89. The largest absolute Gasteiger partial charge is 0.497 e. The zero-order valence-electron chi connectivity index (χ0n) is 16.8. The van der Waals surface area contributed by atoms with Gasteiger partial charge in [0.25, 0.3) is 5.91 Å². The van der Waals surface area contributed by atoms with Crippen molar-refractivity contribution >= 4 is 15.9 Å². The number of hydrogen-bond acceptors (Lipinski definition) is 4. The Morgan fingerprint density at radius 1 is 1.07 bits per heavy atom. The third-order valence-corrected chi connectivity index (χ3v) is 6.55. The summed E-state index contributed by atoms with van der Waals surface area (Å²) >= 11 is 0. The molecule has 0 heterocycles. The molecule has 0 spiro atoms. The first-order valence-corrected chi connectivity index (χ1v) is 10.8. The number of carbonyl (C=O) groups is 1. The maximum atomic E-state index is 12.9. The molecule has 28 heavy (non-hydrogen) atoms. The Balaban J connectivity index is 2.14. The molecule has 2 aromatic rings. The molecule has 0 aromatic heterocycles. The van der Waals surface area contributed by atoms with Crippen LogP contribution in [0.4, 0.5) is 0 Å². The summed E-state index contributed by atoms with van der Waals surface area (Å²) in [6.45, 7) is 6.34. The van der Waals surface area contributed by atoms with Crippen LogP contribution in [0.5, 0.6) is 5.75 Å². The van der Waals surface area contributed by atoms with Gasteiger partial charge in [-0.15, -0.1) is 0 Å². The fraction of sp³-hybridized carbons (Fsp3) is 0.381. The maximum absolute atomic E-state index is 12.9. The Morgan fingerprint density at radius 3 is 2.18 bits per heavy atom. The van der Waals surface area contributed by atoms with Gasteiger partial charge in [0.15, 0.2) is 0 Å². The molecule has 0 aliphatic rings. The van der Waals surface area contributed by atoms with Crippen molar-refractivity contribution < 1.29 is 17.9 Å². The summed E-state index contributed by atoms with van der Waals surface area (Å²) in [6, 6.07) is 13.5. The Labute approximate surface area is 167 Å². The van der Waals surface area contributed by atoms with Crippen LogP contribution in [0.25, 0.3) is 0 Å². The predicted molar refractivity (Wildman–Crippen MR) is 110 cm³/mol. The van der Waals surface area contributed by atoms with Gasteiger partial charge in [-0.05, 0) is 55.3 Å². The molecule has 2 aromatic carbocycles. The lowest BCUT2D eigenvalue weighted by molar-refractivity contribution is 0.0939. The van der Waals surface area contributed by atoms with E-state index in [0.29, 0.717) is 17.9 Å². The molecule has 152 valence electrons. The predicted octanol–water partition coefficient (Wildman–Crippen LogP) is 3.43. The molecule has 1 N–H and O–H groups in total. The van der Waals surface area contributed by atoms with Crippen LogP contribution in [0, 0.1) is 0 Å². The highest BCUT2D eigenvalue weighted by Crippen LogP contribution is 2.21. The number of hydrogen-bond donors (Lipinski definition) is 1. The molecule has 1 atom stereocenters. The number of amides is 1. The second kappa shape index (κ2) is 9.71. The summed E-state index contributed by atoms with van der Waals surface area (Å²) in [5.74, 6) is 0.479. The first-order chi connectivity index (χ1) is 13.3. The fourth-order valence-electron chi connectivity index (χ4n) is 2.64. The van der Waals surface area contributed by atoms with Crippen LogP contribution >= 0.6 is 0 Å². The van der Waals surface area contributed by atoms with E-state index >= 15 is 0 Å². The van der Waals surface area contributed by atoms with Crippen molar-refractivity contribution in [1.29, 1.82) is 0 Å². The van der Waals surface area contributed by atoms with E-state index in [1.807, 2.05) is 13.8 Å². The van der Waals surface area contributed by atoms with E-state index in [9.17, 15) is 13.2 Å². The molecule has 0 unspecified atom stereocenters. The summed E-state index contributed by atoms with van der Waals surface area (Å²) in [7, 11) is -2.09. The van der Waals surface area contributed by atoms with Gasteiger partial charge in [-0.25, -0.2) is 8.42 Å². The average molecular weight is 405 g/mol. The molecule has 2 rings (SSSR count). The lowest BCUT2D eigenvalue weighted by atomic mass is 10.1. The molecule has 1 amide bonds. The molecule has 0 radical (unpaired) electrons. The number of benzene rings is 2. The van der Waals surface area contributed by atoms with E-state index in [1.165, 1.54) is 11.4 Å². The number of ether oxygens (including phenoxy) is 1. The second-order valence-corrected chi connectivity index (χ2v) is 8.52. The molecular weight excluding hydrogens is 376 g/mol. The number of nitrogens with one attached hydrogen (secondary N) is 1. The van der Waals surface area contributed by atoms with Crippen molar-refractivity contribution in [1.82, 2.24) is 9.62 Å². The van der Waals surface area contributed by atoms with Crippen LogP contribution in [-0.4, -0.2) is 38.3 Å². The standard InChI is InChI=1S/C21H28N2O4S/c1-5-16(3)22-21(24)18-9-7-17(8-10-18)15-23(6-2)28(25,26)20-13-11-19(27-4)12-14-20/h7-14,16H,5-6,15H2,1-4H3,(H,22,24)/t16-/m0/s1. The number of methoxy groups -OCH3 is 1. The van der Waals surface area contributed by atoms with Crippen LogP contribution in [0.3, 0.4) is 0 Å². The average Bonchev–Trinajstić information content (AvgIpc) is 2.72. The topological polar surface area (TPSA) is 75.7 Å². The molecule has 6 nitrogen and oxygen atoms in total. The zero-order valence-corrected chi connectivity index (χ0v) is 17.6. The minimum Gasteiger partial charge on any atom is -0.497 e. The Kier molecular flexibility index (Phi) is 7.60. The van der Waals surface area contributed by atoms with Crippen molar-refractivity contribution in [2.24, 2.45) is 0 Å². The van der Waals surface area contributed by atoms with Crippen LogP contribution in [0.15, 0.2) is 53.4 Å². The summed E-state index contributed by atoms with van der Waals surface area (Å²) < 4.78 is 32.3. The van der Waals surface area contributed by atoms with Gasteiger partial charge in [0.1, 0.15) is 5.75 Å². The molecule has 0 saturated heterocycles. The third kappa shape index (κ3) is 5.33. The maximum Gasteiger partial charge on any atom is 0.251 e. The van der Waals surface area contributed by atoms with E-state index < -0.39 is 10.0 Å². The summed E-state index contributed by atoms with van der Waals surface area (Å²) in [5, 5.41) is 2.92. The van der Waals surface area contributed by atoms with Crippen molar-refractivity contribution in [2.45, 2.75) is 44.7 Å². The quantitative estimate of drug-likeness (QED) is 0.695. The normalized spacial score (nSPS) is 12.6. The number of rotatable bonds is 9. The van der Waals surface area contributed by atoms with E-state index in [1.54, 1.807) is 55.5 Å². The van der Waals surface area contributed by atoms with Crippen molar-refractivity contribution in [3.8, 4) is 5.75 Å². The smallest absolute Gasteiger partial charge is 0.251 e. The highest BCUT2D eigenvalue weighted by atomic mass is 32.2. The third-order valence-electron chi connectivity index (χ3n) is 4.61. The van der Waals surface area contributed by atoms with Crippen molar-refractivity contribution in [2.75, 3.05) is 13.7 Å². The van der Waals surface area contributed by atoms with Gasteiger partial charge in [-0.1, -0.05) is 26.0 Å². The van der Waals surface area contributed by atoms with Crippen molar-refractivity contribution in [3.05, 3.63) is 59.7 Å².